The molecule has 0 saturated carbocycles. The van der Waals surface area contributed by atoms with Crippen molar-refractivity contribution in [2.24, 2.45) is 11.8 Å². The first-order chi connectivity index (χ1) is 4.63. The fourth-order valence-electron chi connectivity index (χ4n) is 0.709. The molecule has 0 amide bonds. The highest BCUT2D eigenvalue weighted by Crippen LogP contribution is 2.10. The van der Waals surface area contributed by atoms with Crippen molar-refractivity contribution in [3.05, 3.63) is 0 Å². The Labute approximate surface area is 61.0 Å². The molecule has 0 radical (unpaired) electrons. The van der Waals surface area contributed by atoms with E-state index in [4.69, 9.17) is 5.11 Å². The van der Waals surface area contributed by atoms with Gasteiger partial charge in [0.05, 0.1) is 19.6 Å². The van der Waals surface area contributed by atoms with Crippen LogP contribution in [-0.2, 0) is 9.53 Å². The first kappa shape index (κ1) is 9.43. The predicted molar refractivity (Wildman–Crippen MR) is 37.4 cm³/mol. The van der Waals surface area contributed by atoms with Crippen LogP contribution in [0.25, 0.3) is 0 Å². The Morgan fingerprint density at radius 3 is 2.20 bits per heavy atom. The van der Waals surface area contributed by atoms with Crippen molar-refractivity contribution in [2.45, 2.75) is 13.8 Å². The molecule has 0 aliphatic heterocycles. The highest BCUT2D eigenvalue weighted by atomic mass is 16.5. The maximum atomic E-state index is 10.8. The maximum Gasteiger partial charge on any atom is 0.311 e. The van der Waals surface area contributed by atoms with Crippen LogP contribution < -0.4 is 0 Å². The largest absolute Gasteiger partial charge is 0.469 e. The van der Waals surface area contributed by atoms with Crippen molar-refractivity contribution in [1.82, 2.24) is 0 Å². The van der Waals surface area contributed by atoms with E-state index in [1.165, 1.54) is 7.11 Å². The Morgan fingerprint density at radius 2 is 2.10 bits per heavy atom. The van der Waals surface area contributed by atoms with Crippen LogP contribution in [0.15, 0.2) is 0 Å². The summed E-state index contributed by atoms with van der Waals surface area (Å²) in [7, 11) is 1.33. The average molecular weight is 146 g/mol. The summed E-state index contributed by atoms with van der Waals surface area (Å²) < 4.78 is 4.47. The Bertz CT molecular complexity index is 109. The summed E-state index contributed by atoms with van der Waals surface area (Å²) in [5, 5.41) is 8.70. The van der Waals surface area contributed by atoms with Gasteiger partial charge in [-0.05, 0) is 5.92 Å². The molecule has 0 aromatic heterocycles. The summed E-state index contributed by atoms with van der Waals surface area (Å²) >= 11 is 0. The minimum absolute atomic E-state index is 0.135. The molecule has 60 valence electrons. The van der Waals surface area contributed by atoms with Gasteiger partial charge in [0.2, 0.25) is 0 Å². The Morgan fingerprint density at radius 1 is 1.60 bits per heavy atom. The lowest BCUT2D eigenvalue weighted by atomic mass is 9.97. The van der Waals surface area contributed by atoms with Gasteiger partial charge < -0.3 is 9.84 Å². The highest BCUT2D eigenvalue weighted by Gasteiger charge is 2.21. The second-order valence-electron chi connectivity index (χ2n) is 2.56. The fourth-order valence-corrected chi connectivity index (χ4v) is 0.709. The van der Waals surface area contributed by atoms with Gasteiger partial charge in [-0.2, -0.15) is 0 Å². The number of esters is 1. The fraction of sp³-hybridized carbons (Fsp3) is 0.857. The second-order valence-corrected chi connectivity index (χ2v) is 2.56. The Balaban J connectivity index is 3.93. The van der Waals surface area contributed by atoms with E-state index in [-0.39, 0.29) is 24.4 Å². The molecule has 0 spiro atoms. The number of aliphatic hydroxyl groups is 1. The van der Waals surface area contributed by atoms with E-state index in [9.17, 15) is 4.79 Å². The van der Waals surface area contributed by atoms with Gasteiger partial charge in [0.15, 0.2) is 0 Å². The van der Waals surface area contributed by atoms with Crippen LogP contribution in [0.4, 0.5) is 0 Å². The van der Waals surface area contributed by atoms with Crippen LogP contribution >= 0.6 is 0 Å². The Kier molecular flexibility index (Phi) is 4.03. The van der Waals surface area contributed by atoms with Gasteiger partial charge in [0, 0.05) is 0 Å². The number of carbonyl (C=O) groups excluding carboxylic acids is 1. The van der Waals surface area contributed by atoms with Crippen LogP contribution in [0.1, 0.15) is 13.8 Å². The molecule has 10 heavy (non-hydrogen) atoms. The molecule has 0 fully saturated rings. The summed E-state index contributed by atoms with van der Waals surface area (Å²) in [6.45, 7) is 3.61. The van der Waals surface area contributed by atoms with Gasteiger partial charge in [-0.25, -0.2) is 0 Å². The summed E-state index contributed by atoms with van der Waals surface area (Å²) in [6, 6.07) is 0. The molecular formula is C7H14O3. The summed E-state index contributed by atoms with van der Waals surface area (Å²) in [4.78, 5) is 10.8. The van der Waals surface area contributed by atoms with Crippen molar-refractivity contribution < 1.29 is 14.6 Å². The molecule has 1 atom stereocenters. The SMILES string of the molecule is COC(=O)[C@@H](CO)C(C)C. The quantitative estimate of drug-likeness (QED) is 0.587. The van der Waals surface area contributed by atoms with Gasteiger partial charge in [0.25, 0.3) is 0 Å². The normalized spacial score (nSPS) is 13.3. The number of aliphatic hydroxyl groups excluding tert-OH is 1. The zero-order chi connectivity index (χ0) is 8.15. The number of carbonyl (C=O) groups is 1. The molecule has 3 heteroatoms. The van der Waals surface area contributed by atoms with E-state index < -0.39 is 0 Å². The van der Waals surface area contributed by atoms with Crippen molar-refractivity contribution in [3.8, 4) is 0 Å². The van der Waals surface area contributed by atoms with Crippen molar-refractivity contribution in [3.63, 3.8) is 0 Å². The van der Waals surface area contributed by atoms with Crippen LogP contribution in [0.2, 0.25) is 0 Å². The van der Waals surface area contributed by atoms with Gasteiger partial charge in [0.1, 0.15) is 0 Å². The third kappa shape index (κ3) is 2.35. The summed E-state index contributed by atoms with van der Waals surface area (Å²) in [5.41, 5.74) is 0. The molecule has 1 N–H and O–H groups in total. The molecule has 0 unspecified atom stereocenters. The van der Waals surface area contributed by atoms with Gasteiger partial charge >= 0.3 is 5.97 Å². The predicted octanol–water partition coefficient (Wildman–Crippen LogP) is 0.424. The topological polar surface area (TPSA) is 46.5 Å². The van der Waals surface area contributed by atoms with Crippen LogP contribution in [0, 0.1) is 11.8 Å². The van der Waals surface area contributed by atoms with Gasteiger partial charge in [-0.3, -0.25) is 4.79 Å². The lowest BCUT2D eigenvalue weighted by Gasteiger charge is -2.14. The van der Waals surface area contributed by atoms with Crippen LogP contribution in [0.3, 0.4) is 0 Å². The summed E-state index contributed by atoms with van der Waals surface area (Å²) in [5.74, 6) is -0.569. The molecule has 0 aliphatic carbocycles. The molecule has 3 nitrogen and oxygen atoms in total. The minimum Gasteiger partial charge on any atom is -0.469 e. The zero-order valence-electron chi connectivity index (χ0n) is 6.63. The number of hydrogen-bond acceptors (Lipinski definition) is 3. The smallest absolute Gasteiger partial charge is 0.311 e. The highest BCUT2D eigenvalue weighted by molar-refractivity contribution is 5.72. The van der Waals surface area contributed by atoms with E-state index in [1.54, 1.807) is 0 Å². The number of hydrogen-bond donors (Lipinski definition) is 1. The molecular weight excluding hydrogens is 132 g/mol. The third-order valence-corrected chi connectivity index (χ3v) is 1.51. The lowest BCUT2D eigenvalue weighted by Crippen LogP contribution is -2.24. The van der Waals surface area contributed by atoms with Gasteiger partial charge in [-0.1, -0.05) is 13.8 Å². The average Bonchev–Trinajstić information content (AvgIpc) is 1.88. The van der Waals surface area contributed by atoms with Crippen molar-refractivity contribution >= 4 is 5.97 Å². The number of methoxy groups -OCH3 is 1. The van der Waals surface area contributed by atoms with Crippen molar-refractivity contribution in [2.75, 3.05) is 13.7 Å². The molecule has 0 aliphatic rings. The van der Waals surface area contributed by atoms with E-state index in [1.807, 2.05) is 13.8 Å². The van der Waals surface area contributed by atoms with E-state index in [0.717, 1.165) is 0 Å². The lowest BCUT2D eigenvalue weighted by molar-refractivity contribution is -0.148. The Hall–Kier alpha value is -0.570. The third-order valence-electron chi connectivity index (χ3n) is 1.51. The zero-order valence-corrected chi connectivity index (χ0v) is 6.63. The van der Waals surface area contributed by atoms with E-state index >= 15 is 0 Å². The first-order valence-electron chi connectivity index (χ1n) is 3.32. The molecule has 0 saturated heterocycles. The standard InChI is InChI=1S/C7H14O3/c1-5(2)6(4-8)7(9)10-3/h5-6,8H,4H2,1-3H3/t6-/m0/s1. The van der Waals surface area contributed by atoms with Crippen LogP contribution in [0.5, 0.6) is 0 Å². The monoisotopic (exact) mass is 146 g/mol. The van der Waals surface area contributed by atoms with E-state index in [0.29, 0.717) is 0 Å². The van der Waals surface area contributed by atoms with Crippen LogP contribution in [-0.4, -0.2) is 24.8 Å². The molecule has 0 aromatic rings. The number of ether oxygens (including phenoxy) is 1. The molecule has 0 rings (SSSR count). The van der Waals surface area contributed by atoms with E-state index in [2.05, 4.69) is 4.74 Å². The number of rotatable bonds is 3. The molecule has 0 bridgehead atoms. The molecule has 0 aromatic carbocycles. The van der Waals surface area contributed by atoms with Gasteiger partial charge in [-0.15, -0.1) is 0 Å². The summed E-state index contributed by atoms with van der Waals surface area (Å²) in [6.07, 6.45) is 0. The molecule has 0 heterocycles. The minimum atomic E-state index is -0.370. The second kappa shape index (κ2) is 4.28. The maximum absolute atomic E-state index is 10.8. The first-order valence-corrected chi connectivity index (χ1v) is 3.32. The van der Waals surface area contributed by atoms with Crippen molar-refractivity contribution in [1.29, 1.82) is 0 Å².